The maximum Gasteiger partial charge on any atom is 0.0897 e. The van der Waals surface area contributed by atoms with Gasteiger partial charge >= 0.3 is 0 Å². The van der Waals surface area contributed by atoms with E-state index in [4.69, 9.17) is 0 Å². The predicted octanol–water partition coefficient (Wildman–Crippen LogP) is 1.15. The average Bonchev–Trinajstić information content (AvgIpc) is 2.79. The minimum Gasteiger partial charge on any atom is -0.359 e. The minimum atomic E-state index is 0.792. The average molecular weight is 207 g/mol. The van der Waals surface area contributed by atoms with Crippen LogP contribution >= 0.6 is 0 Å². The fourth-order valence-corrected chi connectivity index (χ4v) is 3.21. The Morgan fingerprint density at radius 2 is 2.00 bits per heavy atom. The Morgan fingerprint density at radius 1 is 1.20 bits per heavy atom. The topological polar surface area (TPSA) is 9.72 Å². The first kappa shape index (κ1) is 9.52. The van der Waals surface area contributed by atoms with Crippen molar-refractivity contribution < 1.29 is 0 Å². The summed E-state index contributed by atoms with van der Waals surface area (Å²) in [6.45, 7) is 8.46. The van der Waals surface area contributed by atoms with Gasteiger partial charge in [0, 0.05) is 31.5 Å². The Kier molecular flexibility index (Phi) is 2.35. The van der Waals surface area contributed by atoms with Crippen LogP contribution in [0.4, 0.5) is 0 Å². The van der Waals surface area contributed by atoms with E-state index >= 15 is 0 Å². The van der Waals surface area contributed by atoms with E-state index < -0.39 is 0 Å². The lowest BCUT2D eigenvalue weighted by Crippen LogP contribution is -2.56. The summed E-state index contributed by atoms with van der Waals surface area (Å²) in [6.07, 6.45) is 7.38. The van der Waals surface area contributed by atoms with Gasteiger partial charge in [0.25, 0.3) is 0 Å². The van der Waals surface area contributed by atoms with Crippen molar-refractivity contribution in [3.63, 3.8) is 0 Å². The van der Waals surface area contributed by atoms with Crippen molar-refractivity contribution in [1.82, 2.24) is 14.7 Å². The van der Waals surface area contributed by atoms with E-state index in [2.05, 4.69) is 34.0 Å². The van der Waals surface area contributed by atoms with Crippen molar-refractivity contribution in [3.8, 4) is 0 Å². The molecule has 84 valence electrons. The molecule has 0 amide bonds. The van der Waals surface area contributed by atoms with Crippen LogP contribution in [0.25, 0.3) is 0 Å². The van der Waals surface area contributed by atoms with Crippen molar-refractivity contribution >= 4 is 0 Å². The Balaban J connectivity index is 1.66. The molecule has 3 saturated heterocycles. The summed E-state index contributed by atoms with van der Waals surface area (Å²) in [5.41, 5.74) is 0. The summed E-state index contributed by atoms with van der Waals surface area (Å²) in [6, 6.07) is 0.792. The molecule has 0 radical (unpaired) electrons. The molecule has 15 heavy (non-hydrogen) atoms. The largest absolute Gasteiger partial charge is 0.359 e. The molecule has 4 rings (SSSR count). The molecule has 1 unspecified atom stereocenters. The van der Waals surface area contributed by atoms with Gasteiger partial charge in [0.05, 0.1) is 6.67 Å². The van der Waals surface area contributed by atoms with Crippen molar-refractivity contribution in [2.24, 2.45) is 5.92 Å². The maximum absolute atomic E-state index is 2.63. The highest BCUT2D eigenvalue weighted by molar-refractivity contribution is 5.00. The predicted molar refractivity (Wildman–Crippen MR) is 61.2 cm³/mol. The monoisotopic (exact) mass is 207 g/mol. The molecular weight excluding hydrogens is 186 g/mol. The summed E-state index contributed by atoms with van der Waals surface area (Å²) in [4.78, 5) is 7.57. The molecule has 3 heteroatoms. The summed E-state index contributed by atoms with van der Waals surface area (Å²) < 4.78 is 0. The van der Waals surface area contributed by atoms with Gasteiger partial charge in [0.1, 0.15) is 0 Å². The van der Waals surface area contributed by atoms with Crippen LogP contribution in [-0.4, -0.2) is 53.6 Å². The second-order valence-corrected chi connectivity index (χ2v) is 5.06. The van der Waals surface area contributed by atoms with Crippen LogP contribution < -0.4 is 0 Å². The van der Waals surface area contributed by atoms with Gasteiger partial charge in [-0.2, -0.15) is 0 Å². The second kappa shape index (κ2) is 3.71. The molecule has 0 aromatic heterocycles. The molecule has 4 heterocycles. The van der Waals surface area contributed by atoms with Gasteiger partial charge < -0.3 is 14.7 Å². The normalized spacial score (nSPS) is 39.1. The number of hydrogen-bond donors (Lipinski definition) is 0. The third-order valence-electron chi connectivity index (χ3n) is 4.27. The zero-order valence-corrected chi connectivity index (χ0v) is 9.60. The van der Waals surface area contributed by atoms with E-state index in [9.17, 15) is 0 Å². The van der Waals surface area contributed by atoms with E-state index in [0.29, 0.717) is 0 Å². The summed E-state index contributed by atoms with van der Waals surface area (Å²) in [7, 11) is 0. The van der Waals surface area contributed by atoms with Crippen LogP contribution in [0.1, 0.15) is 19.8 Å². The first-order chi connectivity index (χ1) is 7.36. The zero-order chi connectivity index (χ0) is 10.3. The number of fused-ring (bicyclic) bond motifs is 3. The van der Waals surface area contributed by atoms with Crippen molar-refractivity contribution in [1.29, 1.82) is 0 Å². The molecule has 4 aliphatic heterocycles. The van der Waals surface area contributed by atoms with Gasteiger partial charge in [0.15, 0.2) is 0 Å². The minimum absolute atomic E-state index is 0.792. The lowest BCUT2D eigenvalue weighted by Gasteiger charge is -2.48. The van der Waals surface area contributed by atoms with Crippen molar-refractivity contribution in [3.05, 3.63) is 12.4 Å². The molecule has 0 aliphatic carbocycles. The van der Waals surface area contributed by atoms with Crippen LogP contribution in [0.3, 0.4) is 0 Å². The molecule has 3 nitrogen and oxygen atoms in total. The summed E-state index contributed by atoms with van der Waals surface area (Å²) >= 11 is 0. The lowest BCUT2D eigenvalue weighted by atomic mass is 9.83. The number of nitrogens with zero attached hydrogens (tertiary/aromatic N) is 3. The molecule has 3 fully saturated rings. The smallest absolute Gasteiger partial charge is 0.0897 e. The quantitative estimate of drug-likeness (QED) is 0.672. The molecule has 2 bridgehead atoms. The number of piperidine rings is 3. The first-order valence-electron chi connectivity index (χ1n) is 6.27. The van der Waals surface area contributed by atoms with Gasteiger partial charge in [-0.25, -0.2) is 0 Å². The second-order valence-electron chi connectivity index (χ2n) is 5.06. The van der Waals surface area contributed by atoms with Gasteiger partial charge in [-0.05, 0) is 38.8 Å². The van der Waals surface area contributed by atoms with Crippen LogP contribution in [0.15, 0.2) is 12.4 Å². The first-order valence-corrected chi connectivity index (χ1v) is 6.27. The number of rotatable bonds is 2. The highest BCUT2D eigenvalue weighted by Crippen LogP contribution is 2.32. The van der Waals surface area contributed by atoms with Crippen molar-refractivity contribution in [2.45, 2.75) is 25.8 Å². The number of hydrogen-bond acceptors (Lipinski definition) is 3. The SMILES string of the molecule is CCN1C=CN(C2CN3CCC2CC3)C1. The van der Waals surface area contributed by atoms with E-state index in [1.807, 2.05) is 0 Å². The van der Waals surface area contributed by atoms with E-state index in [1.165, 1.54) is 32.5 Å². The van der Waals surface area contributed by atoms with Crippen LogP contribution in [0, 0.1) is 5.92 Å². The van der Waals surface area contributed by atoms with Gasteiger partial charge in [-0.3, -0.25) is 0 Å². The van der Waals surface area contributed by atoms with Gasteiger partial charge in [0.2, 0.25) is 0 Å². The Bertz CT molecular complexity index is 256. The standard InChI is InChI=1S/C12H21N3/c1-2-13-7-8-15(10-13)12-9-14-5-3-11(12)4-6-14/h7-8,11-12H,2-6,9-10H2,1H3. The molecule has 0 N–H and O–H groups in total. The highest BCUT2D eigenvalue weighted by atomic mass is 15.4. The van der Waals surface area contributed by atoms with E-state index in [-0.39, 0.29) is 0 Å². The Labute approximate surface area is 92.3 Å². The van der Waals surface area contributed by atoms with Crippen LogP contribution in [0.5, 0.6) is 0 Å². The third kappa shape index (κ3) is 1.63. The molecule has 0 saturated carbocycles. The molecular formula is C12H21N3. The molecule has 1 atom stereocenters. The third-order valence-corrected chi connectivity index (χ3v) is 4.27. The fraction of sp³-hybridized carbons (Fsp3) is 0.833. The molecule has 4 aliphatic rings. The van der Waals surface area contributed by atoms with Crippen molar-refractivity contribution in [2.75, 3.05) is 32.8 Å². The molecule has 0 spiro atoms. The van der Waals surface area contributed by atoms with Gasteiger partial charge in [-0.15, -0.1) is 0 Å². The summed E-state index contributed by atoms with van der Waals surface area (Å²) in [5, 5.41) is 0. The Morgan fingerprint density at radius 3 is 2.53 bits per heavy atom. The summed E-state index contributed by atoms with van der Waals surface area (Å²) in [5.74, 6) is 0.955. The van der Waals surface area contributed by atoms with E-state index in [1.54, 1.807) is 0 Å². The van der Waals surface area contributed by atoms with Crippen LogP contribution in [0.2, 0.25) is 0 Å². The Hall–Kier alpha value is -0.700. The zero-order valence-electron chi connectivity index (χ0n) is 9.60. The highest BCUT2D eigenvalue weighted by Gasteiger charge is 2.37. The molecule has 0 aromatic carbocycles. The van der Waals surface area contributed by atoms with Gasteiger partial charge in [-0.1, -0.05) is 0 Å². The molecule has 0 aromatic rings. The van der Waals surface area contributed by atoms with E-state index in [0.717, 1.165) is 25.2 Å². The van der Waals surface area contributed by atoms with Crippen LogP contribution in [-0.2, 0) is 0 Å². The fourth-order valence-electron chi connectivity index (χ4n) is 3.21. The maximum atomic E-state index is 2.63. The lowest BCUT2D eigenvalue weighted by molar-refractivity contribution is 0.0193.